The molecule has 1 heterocycles. The Bertz CT molecular complexity index is 1070. The van der Waals surface area contributed by atoms with Gasteiger partial charge < -0.3 is 4.74 Å². The van der Waals surface area contributed by atoms with Crippen LogP contribution in [-0.2, 0) is 4.74 Å². The molecule has 0 aliphatic heterocycles. The van der Waals surface area contributed by atoms with E-state index in [1.54, 1.807) is 24.5 Å². The topological polar surface area (TPSA) is 39.2 Å². The van der Waals surface area contributed by atoms with Gasteiger partial charge in [0, 0.05) is 12.4 Å². The number of pyridine rings is 1. The number of aromatic nitrogens is 1. The Balaban J connectivity index is 1.54. The summed E-state index contributed by atoms with van der Waals surface area (Å²) in [4.78, 5) is 15.6. The van der Waals surface area contributed by atoms with Crippen LogP contribution in [0.3, 0.4) is 0 Å². The quantitative estimate of drug-likeness (QED) is 0.425. The van der Waals surface area contributed by atoms with Crippen LogP contribution in [-0.4, -0.2) is 18.1 Å². The molecule has 0 bridgehead atoms. The molecule has 4 aromatic rings. The van der Waals surface area contributed by atoms with Gasteiger partial charge in [-0.25, -0.2) is 4.79 Å². The molecule has 0 aliphatic carbocycles. The summed E-state index contributed by atoms with van der Waals surface area (Å²) in [6.45, 7) is 0. The maximum Gasteiger partial charge on any atom is 0.337 e. The minimum absolute atomic E-state index is 0.322. The van der Waals surface area contributed by atoms with E-state index >= 15 is 0 Å². The monoisotopic (exact) mass is 365 g/mol. The minimum Gasteiger partial charge on any atom is -0.465 e. The summed E-state index contributed by atoms with van der Waals surface area (Å²) >= 11 is 0. The highest BCUT2D eigenvalue weighted by molar-refractivity contribution is 5.90. The van der Waals surface area contributed by atoms with Gasteiger partial charge in [0.1, 0.15) is 0 Å². The number of nitrogens with zero attached hydrogens (tertiary/aromatic N) is 1. The Morgan fingerprint density at radius 2 is 0.893 bits per heavy atom. The lowest BCUT2D eigenvalue weighted by Crippen LogP contribution is -2.00. The van der Waals surface area contributed by atoms with Crippen molar-refractivity contribution < 1.29 is 9.53 Å². The largest absolute Gasteiger partial charge is 0.465 e. The van der Waals surface area contributed by atoms with E-state index in [0.717, 1.165) is 22.3 Å². The summed E-state index contributed by atoms with van der Waals surface area (Å²) < 4.78 is 4.74. The van der Waals surface area contributed by atoms with Crippen molar-refractivity contribution in [2.45, 2.75) is 0 Å². The highest BCUT2D eigenvalue weighted by atomic mass is 16.5. The lowest BCUT2D eigenvalue weighted by atomic mass is 9.98. The van der Waals surface area contributed by atoms with Crippen LogP contribution in [0.2, 0.25) is 0 Å². The number of esters is 1. The normalized spacial score (nSPS) is 10.5. The molecule has 0 spiro atoms. The fourth-order valence-electron chi connectivity index (χ4n) is 3.17. The van der Waals surface area contributed by atoms with Gasteiger partial charge in [0.25, 0.3) is 0 Å². The third-order valence-electron chi connectivity index (χ3n) is 4.76. The van der Waals surface area contributed by atoms with Crippen molar-refractivity contribution in [3.8, 4) is 33.4 Å². The van der Waals surface area contributed by atoms with Crippen LogP contribution in [0.4, 0.5) is 0 Å². The van der Waals surface area contributed by atoms with E-state index in [9.17, 15) is 4.79 Å². The third kappa shape index (κ3) is 3.69. The zero-order valence-electron chi connectivity index (χ0n) is 15.5. The average Bonchev–Trinajstić information content (AvgIpc) is 2.79. The Labute approximate surface area is 164 Å². The van der Waals surface area contributed by atoms with Crippen LogP contribution in [0.1, 0.15) is 10.4 Å². The molecule has 0 saturated heterocycles. The predicted molar refractivity (Wildman–Crippen MR) is 112 cm³/mol. The number of benzene rings is 3. The highest BCUT2D eigenvalue weighted by Gasteiger charge is 2.06. The van der Waals surface area contributed by atoms with E-state index in [-0.39, 0.29) is 5.97 Å². The fraction of sp³-hybridized carbons (Fsp3) is 0.0400. The van der Waals surface area contributed by atoms with Crippen molar-refractivity contribution in [1.29, 1.82) is 0 Å². The summed E-state index contributed by atoms with van der Waals surface area (Å²) in [5, 5.41) is 0. The van der Waals surface area contributed by atoms with Gasteiger partial charge in [0.2, 0.25) is 0 Å². The van der Waals surface area contributed by atoms with Crippen LogP contribution in [0, 0.1) is 0 Å². The Morgan fingerprint density at radius 1 is 0.571 bits per heavy atom. The summed E-state index contributed by atoms with van der Waals surface area (Å²) in [6.07, 6.45) is 3.61. The second kappa shape index (κ2) is 7.89. The molecule has 28 heavy (non-hydrogen) atoms. The number of carbonyl (C=O) groups is 1. The maximum atomic E-state index is 11.6. The first-order valence-corrected chi connectivity index (χ1v) is 9.04. The number of carbonyl (C=O) groups excluding carboxylic acids is 1. The predicted octanol–water partition coefficient (Wildman–Crippen LogP) is 5.87. The molecule has 3 heteroatoms. The van der Waals surface area contributed by atoms with Gasteiger partial charge in [-0.15, -0.1) is 0 Å². The van der Waals surface area contributed by atoms with Crippen LogP contribution >= 0.6 is 0 Å². The molecule has 0 aliphatic rings. The smallest absolute Gasteiger partial charge is 0.337 e. The van der Waals surface area contributed by atoms with Gasteiger partial charge in [-0.1, -0.05) is 60.7 Å². The molecule has 0 unspecified atom stereocenters. The standard InChI is InChI=1S/C25H19NO2/c1-28-25(27)24-12-10-21(11-13-24)20-4-2-18(3-5-20)19-6-8-22(9-7-19)23-14-16-26-17-15-23/h2-17H,1H3. The molecular formula is C25H19NO2. The molecule has 3 nitrogen and oxygen atoms in total. The van der Waals surface area contributed by atoms with E-state index in [0.29, 0.717) is 5.56 Å². The average molecular weight is 365 g/mol. The molecule has 3 aromatic carbocycles. The van der Waals surface area contributed by atoms with Crippen molar-refractivity contribution in [3.05, 3.63) is 103 Å². The number of hydrogen-bond donors (Lipinski definition) is 0. The van der Waals surface area contributed by atoms with E-state index in [1.807, 2.05) is 24.3 Å². The first kappa shape index (κ1) is 17.7. The minimum atomic E-state index is -0.322. The van der Waals surface area contributed by atoms with Crippen molar-refractivity contribution >= 4 is 5.97 Å². The Morgan fingerprint density at radius 3 is 1.25 bits per heavy atom. The number of hydrogen-bond acceptors (Lipinski definition) is 3. The molecule has 0 fully saturated rings. The molecular weight excluding hydrogens is 346 g/mol. The zero-order valence-corrected chi connectivity index (χ0v) is 15.5. The first-order chi connectivity index (χ1) is 13.7. The molecule has 136 valence electrons. The lowest BCUT2D eigenvalue weighted by Gasteiger charge is -2.07. The number of ether oxygens (including phenoxy) is 1. The first-order valence-electron chi connectivity index (χ1n) is 9.04. The zero-order chi connectivity index (χ0) is 19.3. The van der Waals surface area contributed by atoms with Crippen molar-refractivity contribution in [3.63, 3.8) is 0 Å². The van der Waals surface area contributed by atoms with E-state index in [1.165, 1.54) is 18.2 Å². The molecule has 4 rings (SSSR count). The number of rotatable bonds is 4. The molecule has 0 atom stereocenters. The van der Waals surface area contributed by atoms with Crippen molar-refractivity contribution in [2.75, 3.05) is 7.11 Å². The second-order valence-electron chi connectivity index (χ2n) is 6.46. The van der Waals surface area contributed by atoms with Crippen LogP contribution < -0.4 is 0 Å². The molecule has 0 N–H and O–H groups in total. The Hall–Kier alpha value is -3.72. The van der Waals surface area contributed by atoms with Crippen LogP contribution in [0.15, 0.2) is 97.3 Å². The summed E-state index contributed by atoms with van der Waals surface area (Å²) in [7, 11) is 1.39. The van der Waals surface area contributed by atoms with Crippen LogP contribution in [0.5, 0.6) is 0 Å². The van der Waals surface area contributed by atoms with Gasteiger partial charge in [0.15, 0.2) is 0 Å². The number of methoxy groups -OCH3 is 1. The summed E-state index contributed by atoms with van der Waals surface area (Å²) in [6, 6.07) is 28.4. The summed E-state index contributed by atoms with van der Waals surface area (Å²) in [5.41, 5.74) is 7.39. The summed E-state index contributed by atoms with van der Waals surface area (Å²) in [5.74, 6) is -0.322. The van der Waals surface area contributed by atoms with Crippen LogP contribution in [0.25, 0.3) is 33.4 Å². The third-order valence-corrected chi connectivity index (χ3v) is 4.76. The fourth-order valence-corrected chi connectivity index (χ4v) is 3.17. The molecule has 0 saturated carbocycles. The SMILES string of the molecule is COC(=O)c1ccc(-c2ccc(-c3ccc(-c4ccncc4)cc3)cc2)cc1. The van der Waals surface area contributed by atoms with Gasteiger partial charge in [0.05, 0.1) is 12.7 Å². The maximum absolute atomic E-state index is 11.6. The van der Waals surface area contributed by atoms with Gasteiger partial charge in [-0.3, -0.25) is 4.98 Å². The van der Waals surface area contributed by atoms with Gasteiger partial charge in [-0.05, 0) is 57.6 Å². The molecule has 0 amide bonds. The second-order valence-corrected chi connectivity index (χ2v) is 6.46. The van der Waals surface area contributed by atoms with Gasteiger partial charge in [-0.2, -0.15) is 0 Å². The Kier molecular flexibility index (Phi) is 4.98. The van der Waals surface area contributed by atoms with Crippen molar-refractivity contribution in [1.82, 2.24) is 4.98 Å². The molecule has 0 radical (unpaired) electrons. The van der Waals surface area contributed by atoms with E-state index < -0.39 is 0 Å². The van der Waals surface area contributed by atoms with Gasteiger partial charge >= 0.3 is 5.97 Å². The van der Waals surface area contributed by atoms with E-state index in [2.05, 4.69) is 53.5 Å². The highest BCUT2D eigenvalue weighted by Crippen LogP contribution is 2.27. The van der Waals surface area contributed by atoms with Crippen molar-refractivity contribution in [2.24, 2.45) is 0 Å². The lowest BCUT2D eigenvalue weighted by molar-refractivity contribution is 0.0601. The molecule has 1 aromatic heterocycles. The van der Waals surface area contributed by atoms with E-state index in [4.69, 9.17) is 4.74 Å².